The van der Waals surface area contributed by atoms with E-state index in [-0.39, 0.29) is 0 Å². The molecular formula is C12H24OSi. The first-order valence-electron chi connectivity index (χ1n) is 5.41. The van der Waals surface area contributed by atoms with Gasteiger partial charge in [0.05, 0.1) is 0 Å². The molecule has 0 spiro atoms. The summed E-state index contributed by atoms with van der Waals surface area (Å²) in [6.45, 7) is 17.2. The molecule has 14 heavy (non-hydrogen) atoms. The lowest BCUT2D eigenvalue weighted by Gasteiger charge is -2.40. The maximum absolute atomic E-state index is 6.00. The first-order chi connectivity index (χ1) is 6.39. The van der Waals surface area contributed by atoms with Crippen LogP contribution in [0.4, 0.5) is 0 Å². The Kier molecular flexibility index (Phi) is 5.25. The Balaban J connectivity index is 5.04. The van der Waals surface area contributed by atoms with Crippen molar-refractivity contribution in [3.05, 3.63) is 18.6 Å². The predicted molar refractivity (Wildman–Crippen MR) is 65.8 cm³/mol. The van der Waals surface area contributed by atoms with Crippen LogP contribution in [-0.4, -0.2) is 8.32 Å². The SMILES string of the molecule is C=C=CO[Si](C(C)C)(C(C)C)C(C)C. The highest BCUT2D eigenvalue weighted by Crippen LogP contribution is 2.42. The van der Waals surface area contributed by atoms with Crippen LogP contribution in [-0.2, 0) is 4.43 Å². The average Bonchev–Trinajstić information content (AvgIpc) is 2.03. The lowest BCUT2D eigenvalue weighted by molar-refractivity contribution is 0.417. The van der Waals surface area contributed by atoms with Gasteiger partial charge < -0.3 is 4.43 Å². The van der Waals surface area contributed by atoms with Gasteiger partial charge in [0.25, 0.3) is 8.32 Å². The summed E-state index contributed by atoms with van der Waals surface area (Å²) in [6.07, 6.45) is 1.66. The molecule has 0 rings (SSSR count). The third-order valence-corrected chi connectivity index (χ3v) is 8.99. The molecule has 0 aromatic rings. The molecule has 0 saturated carbocycles. The summed E-state index contributed by atoms with van der Waals surface area (Å²) in [7, 11) is -1.71. The predicted octanol–water partition coefficient (Wildman–Crippen LogP) is 4.48. The number of hydrogen-bond acceptors (Lipinski definition) is 1. The van der Waals surface area contributed by atoms with Gasteiger partial charge in [-0.2, -0.15) is 0 Å². The van der Waals surface area contributed by atoms with Gasteiger partial charge in [-0.15, -0.1) is 0 Å². The summed E-state index contributed by atoms with van der Waals surface area (Å²) in [6, 6.07) is 0. The van der Waals surface area contributed by atoms with Gasteiger partial charge in [-0.3, -0.25) is 0 Å². The molecule has 82 valence electrons. The molecule has 0 aliphatic carbocycles. The topological polar surface area (TPSA) is 9.23 Å². The fourth-order valence-corrected chi connectivity index (χ4v) is 7.66. The van der Waals surface area contributed by atoms with Gasteiger partial charge in [-0.1, -0.05) is 53.9 Å². The van der Waals surface area contributed by atoms with Crippen LogP contribution in [0.2, 0.25) is 16.6 Å². The normalized spacial score (nSPS) is 12.1. The molecule has 2 heteroatoms. The van der Waals surface area contributed by atoms with Crippen molar-refractivity contribution in [1.82, 2.24) is 0 Å². The first kappa shape index (κ1) is 13.5. The Labute approximate surface area is 90.0 Å². The van der Waals surface area contributed by atoms with E-state index in [0.29, 0.717) is 16.6 Å². The Hall–Kier alpha value is -0.463. The van der Waals surface area contributed by atoms with Crippen LogP contribution in [0.3, 0.4) is 0 Å². The zero-order valence-corrected chi connectivity index (χ0v) is 11.4. The highest BCUT2D eigenvalue weighted by atomic mass is 28.4. The summed E-state index contributed by atoms with van der Waals surface area (Å²) in [4.78, 5) is 0. The smallest absolute Gasteiger partial charge is 0.258 e. The summed E-state index contributed by atoms with van der Waals surface area (Å²) >= 11 is 0. The summed E-state index contributed by atoms with van der Waals surface area (Å²) in [5.74, 6) is 0. The molecule has 0 fully saturated rings. The van der Waals surface area contributed by atoms with Gasteiger partial charge in [0.2, 0.25) is 0 Å². The summed E-state index contributed by atoms with van der Waals surface area (Å²) in [5, 5.41) is 0. The number of hydrogen-bond donors (Lipinski definition) is 0. The maximum atomic E-state index is 6.00. The maximum Gasteiger partial charge on any atom is 0.258 e. The van der Waals surface area contributed by atoms with Crippen LogP contribution < -0.4 is 0 Å². The van der Waals surface area contributed by atoms with Gasteiger partial charge in [0.15, 0.2) is 0 Å². The van der Waals surface area contributed by atoms with Crippen molar-refractivity contribution in [2.75, 3.05) is 0 Å². The molecule has 0 heterocycles. The van der Waals surface area contributed by atoms with Gasteiger partial charge in [-0.25, -0.2) is 0 Å². The Morgan fingerprint density at radius 3 is 1.57 bits per heavy atom. The average molecular weight is 212 g/mol. The van der Waals surface area contributed by atoms with Crippen molar-refractivity contribution in [1.29, 1.82) is 0 Å². The second-order valence-electron chi connectivity index (χ2n) is 4.76. The fourth-order valence-electron chi connectivity index (χ4n) is 2.55. The van der Waals surface area contributed by atoms with E-state index in [1.807, 2.05) is 0 Å². The van der Waals surface area contributed by atoms with E-state index in [1.165, 1.54) is 0 Å². The molecule has 0 saturated heterocycles. The van der Waals surface area contributed by atoms with Crippen LogP contribution in [0.1, 0.15) is 41.5 Å². The molecule has 0 aromatic carbocycles. The molecule has 0 amide bonds. The zero-order chi connectivity index (χ0) is 11.4. The molecule has 0 aliphatic heterocycles. The van der Waals surface area contributed by atoms with E-state index in [1.54, 1.807) is 6.26 Å². The summed E-state index contributed by atoms with van der Waals surface area (Å²) in [5.41, 5.74) is 4.58. The molecule has 0 N–H and O–H groups in total. The van der Waals surface area contributed by atoms with E-state index in [2.05, 4.69) is 53.9 Å². The molecule has 0 aliphatic rings. The second kappa shape index (κ2) is 5.43. The number of rotatable bonds is 5. The lowest BCUT2D eigenvalue weighted by atomic mass is 10.5. The van der Waals surface area contributed by atoms with Crippen LogP contribution in [0.15, 0.2) is 18.6 Å². The summed E-state index contributed by atoms with van der Waals surface area (Å²) < 4.78 is 6.00. The minimum atomic E-state index is -1.71. The van der Waals surface area contributed by atoms with Gasteiger partial charge in [-0.05, 0) is 16.6 Å². The first-order valence-corrected chi connectivity index (χ1v) is 7.55. The van der Waals surface area contributed by atoms with Crippen molar-refractivity contribution in [3.63, 3.8) is 0 Å². The molecule has 0 aromatic heterocycles. The molecule has 0 bridgehead atoms. The quantitative estimate of drug-likeness (QED) is 0.371. The van der Waals surface area contributed by atoms with Crippen LogP contribution in [0.25, 0.3) is 0 Å². The standard InChI is InChI=1S/C12H24OSi/c1-8-9-13-14(10(2)3,11(4)5)12(6)7/h9-12H,1H2,2-7H3. The van der Waals surface area contributed by atoms with E-state index in [9.17, 15) is 0 Å². The van der Waals surface area contributed by atoms with Gasteiger partial charge in [0.1, 0.15) is 6.26 Å². The molecule has 1 nitrogen and oxygen atoms in total. The van der Waals surface area contributed by atoms with Crippen molar-refractivity contribution in [2.45, 2.75) is 58.2 Å². The fraction of sp³-hybridized carbons (Fsp3) is 0.750. The van der Waals surface area contributed by atoms with E-state index >= 15 is 0 Å². The van der Waals surface area contributed by atoms with Gasteiger partial charge >= 0.3 is 0 Å². The van der Waals surface area contributed by atoms with Crippen molar-refractivity contribution in [2.24, 2.45) is 0 Å². The third-order valence-electron chi connectivity index (χ3n) is 3.05. The molecular weight excluding hydrogens is 188 g/mol. The van der Waals surface area contributed by atoms with Crippen molar-refractivity contribution in [3.8, 4) is 0 Å². The van der Waals surface area contributed by atoms with Crippen molar-refractivity contribution < 1.29 is 4.43 Å². The molecule has 0 atom stereocenters. The third kappa shape index (κ3) is 2.52. The molecule has 0 radical (unpaired) electrons. The Morgan fingerprint density at radius 2 is 1.36 bits per heavy atom. The monoisotopic (exact) mass is 212 g/mol. The van der Waals surface area contributed by atoms with Crippen molar-refractivity contribution >= 4 is 8.32 Å². The van der Waals surface area contributed by atoms with E-state index in [4.69, 9.17) is 4.43 Å². The van der Waals surface area contributed by atoms with Crippen LogP contribution in [0, 0.1) is 0 Å². The largest absolute Gasteiger partial charge is 0.542 e. The second-order valence-corrected chi connectivity index (χ2v) is 10.2. The lowest BCUT2D eigenvalue weighted by Crippen LogP contribution is -2.46. The van der Waals surface area contributed by atoms with E-state index < -0.39 is 8.32 Å². The molecule has 0 unspecified atom stereocenters. The zero-order valence-electron chi connectivity index (χ0n) is 10.4. The van der Waals surface area contributed by atoms with Crippen LogP contribution >= 0.6 is 0 Å². The Morgan fingerprint density at radius 1 is 1.00 bits per heavy atom. The van der Waals surface area contributed by atoms with Crippen LogP contribution in [0.5, 0.6) is 0 Å². The van der Waals surface area contributed by atoms with E-state index in [0.717, 1.165) is 0 Å². The minimum absolute atomic E-state index is 0.618. The Bertz CT molecular complexity index is 191. The highest BCUT2D eigenvalue weighted by Gasteiger charge is 2.46. The highest BCUT2D eigenvalue weighted by molar-refractivity contribution is 6.77. The van der Waals surface area contributed by atoms with Gasteiger partial charge in [0, 0.05) is 0 Å². The minimum Gasteiger partial charge on any atom is -0.542 e.